The molecule has 0 spiro atoms. The largest absolute Gasteiger partial charge is 0.485 e. The summed E-state index contributed by atoms with van der Waals surface area (Å²) in [4.78, 5) is 25.1. The molecular formula is C26H23ClFN3O4. The maximum atomic E-state index is 13.9. The minimum Gasteiger partial charge on any atom is -0.485 e. The summed E-state index contributed by atoms with van der Waals surface area (Å²) in [5, 5.41) is 12.5. The van der Waals surface area contributed by atoms with Gasteiger partial charge in [0.25, 0.3) is 5.91 Å². The Kier molecular flexibility index (Phi) is 6.77. The van der Waals surface area contributed by atoms with Gasteiger partial charge in [0.2, 0.25) is 5.78 Å². The van der Waals surface area contributed by atoms with Crippen LogP contribution in [0.1, 0.15) is 27.1 Å². The number of Topliss-reactive ketones (excluding diaryl/α,β-unsaturated/α-hetero) is 1. The standard InChI is InChI=1S/C26H23ClFN3O4/c1-14(29)23(32)6-7-31-12-21(19-5-4-18(28)11-22(19)31)24(33)13-35-25-10-15-2-3-17(27)8-16(15)9-20(25)26(30)34/h2-5,8-12,23,32H,1,6-7,13,29H2,(H2,30,34). The molecule has 0 bridgehead atoms. The lowest BCUT2D eigenvalue weighted by Gasteiger charge is -2.11. The quantitative estimate of drug-likeness (QED) is 0.301. The average Bonchev–Trinajstić information content (AvgIpc) is 3.17. The fraction of sp³-hybridized carbons (Fsp3) is 0.154. The van der Waals surface area contributed by atoms with E-state index in [0.717, 1.165) is 5.39 Å². The molecule has 1 atom stereocenters. The molecule has 1 unspecified atom stereocenters. The van der Waals surface area contributed by atoms with Gasteiger partial charge in [0.15, 0.2) is 6.61 Å². The highest BCUT2D eigenvalue weighted by Gasteiger charge is 2.19. The molecule has 1 amide bonds. The monoisotopic (exact) mass is 495 g/mol. The van der Waals surface area contributed by atoms with E-state index in [9.17, 15) is 19.1 Å². The minimum atomic E-state index is -0.932. The van der Waals surface area contributed by atoms with Gasteiger partial charge >= 0.3 is 0 Å². The van der Waals surface area contributed by atoms with Gasteiger partial charge in [-0.15, -0.1) is 0 Å². The molecule has 4 rings (SSSR count). The van der Waals surface area contributed by atoms with Gasteiger partial charge in [0.1, 0.15) is 11.6 Å². The van der Waals surface area contributed by atoms with Crippen LogP contribution in [0.3, 0.4) is 0 Å². The number of hydrogen-bond acceptors (Lipinski definition) is 5. The van der Waals surface area contributed by atoms with Crippen LogP contribution in [-0.4, -0.2) is 34.1 Å². The number of aliphatic hydroxyl groups excluding tert-OH is 1. The number of fused-ring (bicyclic) bond motifs is 2. The van der Waals surface area contributed by atoms with Gasteiger partial charge in [-0.25, -0.2) is 4.39 Å². The van der Waals surface area contributed by atoms with Crippen LogP contribution < -0.4 is 16.2 Å². The van der Waals surface area contributed by atoms with E-state index in [0.29, 0.717) is 26.9 Å². The SMILES string of the molecule is C=C(N)C(O)CCn1cc(C(=O)COc2cc3ccc(Cl)cc3cc2C(N)=O)c2ccc(F)cc21. The van der Waals surface area contributed by atoms with E-state index < -0.39 is 17.8 Å². The number of halogens is 2. The van der Waals surface area contributed by atoms with Gasteiger partial charge in [-0.2, -0.15) is 0 Å². The molecule has 0 saturated heterocycles. The van der Waals surface area contributed by atoms with E-state index in [-0.39, 0.29) is 42.4 Å². The van der Waals surface area contributed by atoms with Crippen LogP contribution in [0.4, 0.5) is 4.39 Å². The van der Waals surface area contributed by atoms with Crippen molar-refractivity contribution >= 4 is 45.0 Å². The Bertz CT molecular complexity index is 1480. The molecule has 0 aliphatic heterocycles. The van der Waals surface area contributed by atoms with Crippen LogP contribution in [0.5, 0.6) is 5.75 Å². The molecular weight excluding hydrogens is 473 g/mol. The number of nitrogens with zero attached hydrogens (tertiary/aromatic N) is 1. The van der Waals surface area contributed by atoms with Crippen molar-refractivity contribution in [3.8, 4) is 5.75 Å². The van der Waals surface area contributed by atoms with Crippen molar-refractivity contribution in [1.82, 2.24) is 4.57 Å². The van der Waals surface area contributed by atoms with Crippen molar-refractivity contribution in [2.75, 3.05) is 6.61 Å². The van der Waals surface area contributed by atoms with E-state index in [1.54, 1.807) is 41.1 Å². The number of ether oxygens (including phenoxy) is 1. The molecule has 4 aromatic rings. The van der Waals surface area contributed by atoms with Gasteiger partial charge in [-0.05, 0) is 59.7 Å². The molecule has 0 saturated carbocycles. The number of aromatic nitrogens is 1. The van der Waals surface area contributed by atoms with Crippen LogP contribution in [0.2, 0.25) is 5.02 Å². The van der Waals surface area contributed by atoms with Crippen molar-refractivity contribution in [3.05, 3.63) is 89.0 Å². The summed E-state index contributed by atoms with van der Waals surface area (Å²) in [5.41, 5.74) is 12.1. The Morgan fingerprint density at radius 2 is 1.86 bits per heavy atom. The Balaban J connectivity index is 1.62. The summed E-state index contributed by atoms with van der Waals surface area (Å²) in [6.07, 6.45) is 0.890. The molecule has 180 valence electrons. The number of amides is 1. The molecule has 5 N–H and O–H groups in total. The Morgan fingerprint density at radius 1 is 1.09 bits per heavy atom. The topological polar surface area (TPSA) is 121 Å². The lowest BCUT2D eigenvalue weighted by atomic mass is 10.1. The van der Waals surface area contributed by atoms with Crippen LogP contribution in [0.15, 0.2) is 67.0 Å². The van der Waals surface area contributed by atoms with Gasteiger partial charge in [0, 0.05) is 34.4 Å². The zero-order valence-corrected chi connectivity index (χ0v) is 19.4. The van der Waals surface area contributed by atoms with E-state index in [2.05, 4.69) is 6.58 Å². The second kappa shape index (κ2) is 9.77. The fourth-order valence-electron chi connectivity index (χ4n) is 3.90. The minimum absolute atomic E-state index is 0.119. The lowest BCUT2D eigenvalue weighted by molar-refractivity contribution is 0.0913. The smallest absolute Gasteiger partial charge is 0.252 e. The van der Waals surface area contributed by atoms with E-state index >= 15 is 0 Å². The number of carbonyl (C=O) groups excluding carboxylic acids is 2. The predicted molar refractivity (Wildman–Crippen MR) is 133 cm³/mol. The number of ketones is 1. The first-order valence-corrected chi connectivity index (χ1v) is 11.1. The number of benzene rings is 3. The second-order valence-corrected chi connectivity index (χ2v) is 8.63. The van der Waals surface area contributed by atoms with Crippen molar-refractivity contribution in [3.63, 3.8) is 0 Å². The summed E-state index contributed by atoms with van der Waals surface area (Å²) in [5.74, 6) is -1.38. The summed E-state index contributed by atoms with van der Waals surface area (Å²) in [6, 6.07) is 12.5. The zero-order valence-electron chi connectivity index (χ0n) is 18.6. The second-order valence-electron chi connectivity index (χ2n) is 8.19. The van der Waals surface area contributed by atoms with E-state index in [1.807, 2.05) is 0 Å². The first kappa shape index (κ1) is 24.3. The Labute approximate surface area is 205 Å². The molecule has 35 heavy (non-hydrogen) atoms. The maximum Gasteiger partial charge on any atom is 0.252 e. The van der Waals surface area contributed by atoms with Gasteiger partial charge < -0.3 is 25.9 Å². The number of carbonyl (C=O) groups is 2. The molecule has 0 fully saturated rings. The zero-order chi connectivity index (χ0) is 25.3. The van der Waals surface area contributed by atoms with Crippen LogP contribution >= 0.6 is 11.6 Å². The highest BCUT2D eigenvalue weighted by Crippen LogP contribution is 2.29. The van der Waals surface area contributed by atoms with E-state index in [4.69, 9.17) is 27.8 Å². The first-order valence-electron chi connectivity index (χ1n) is 10.7. The van der Waals surface area contributed by atoms with Crippen molar-refractivity contribution in [2.45, 2.75) is 19.1 Å². The van der Waals surface area contributed by atoms with Crippen molar-refractivity contribution < 1.29 is 23.8 Å². The van der Waals surface area contributed by atoms with Gasteiger partial charge in [-0.3, -0.25) is 9.59 Å². The van der Waals surface area contributed by atoms with Gasteiger partial charge in [0.05, 0.1) is 17.2 Å². The van der Waals surface area contributed by atoms with Gasteiger partial charge in [-0.1, -0.05) is 24.2 Å². The first-order chi connectivity index (χ1) is 16.6. The van der Waals surface area contributed by atoms with Crippen LogP contribution in [-0.2, 0) is 6.54 Å². The number of rotatable bonds is 9. The third-order valence-corrected chi connectivity index (χ3v) is 5.98. The third-order valence-electron chi connectivity index (χ3n) is 5.74. The Morgan fingerprint density at radius 3 is 2.57 bits per heavy atom. The fourth-order valence-corrected chi connectivity index (χ4v) is 4.08. The van der Waals surface area contributed by atoms with Crippen molar-refractivity contribution in [1.29, 1.82) is 0 Å². The normalized spacial score (nSPS) is 12.1. The molecule has 1 heterocycles. The lowest BCUT2D eigenvalue weighted by Crippen LogP contribution is -2.18. The predicted octanol–water partition coefficient (Wildman–Crippen LogP) is 4.17. The van der Waals surface area contributed by atoms with Crippen LogP contribution in [0, 0.1) is 5.82 Å². The van der Waals surface area contributed by atoms with Crippen molar-refractivity contribution in [2.24, 2.45) is 11.5 Å². The number of hydrogen-bond donors (Lipinski definition) is 3. The highest BCUT2D eigenvalue weighted by atomic mass is 35.5. The molecule has 0 radical (unpaired) electrons. The highest BCUT2D eigenvalue weighted by molar-refractivity contribution is 6.31. The van der Waals surface area contributed by atoms with Crippen LogP contribution in [0.25, 0.3) is 21.7 Å². The molecule has 0 aliphatic rings. The summed E-state index contributed by atoms with van der Waals surface area (Å²) in [7, 11) is 0. The molecule has 9 heteroatoms. The number of nitrogens with two attached hydrogens (primary N) is 2. The average molecular weight is 496 g/mol. The van der Waals surface area contributed by atoms with E-state index in [1.165, 1.54) is 18.2 Å². The molecule has 3 aromatic carbocycles. The number of aryl methyl sites for hydroxylation is 1. The summed E-state index contributed by atoms with van der Waals surface area (Å²) >= 11 is 6.03. The molecule has 1 aromatic heterocycles. The number of primary amides is 1. The summed E-state index contributed by atoms with van der Waals surface area (Å²) in [6.45, 7) is 3.43. The summed E-state index contributed by atoms with van der Waals surface area (Å²) < 4.78 is 21.3. The molecule has 0 aliphatic carbocycles. The molecule has 7 nitrogen and oxygen atoms in total. The third kappa shape index (κ3) is 5.13. The number of aliphatic hydroxyl groups is 1. The Hall–Kier alpha value is -3.88. The maximum absolute atomic E-state index is 13.9.